The maximum atomic E-state index is 5.73. The summed E-state index contributed by atoms with van der Waals surface area (Å²) in [6.07, 6.45) is 1.25. The van der Waals surface area contributed by atoms with Crippen LogP contribution < -0.4 is 0 Å². The van der Waals surface area contributed by atoms with E-state index in [9.17, 15) is 0 Å². The second-order valence-corrected chi connectivity index (χ2v) is 3.76. The highest BCUT2D eigenvalue weighted by atomic mass is 35.5. The van der Waals surface area contributed by atoms with Crippen LogP contribution in [-0.4, -0.2) is 30.4 Å². The number of hydrogen-bond donors (Lipinski definition) is 0. The van der Waals surface area contributed by atoms with E-state index >= 15 is 0 Å². The van der Waals surface area contributed by atoms with Gasteiger partial charge in [-0.05, 0) is 19.9 Å². The maximum absolute atomic E-state index is 5.73. The predicted octanol–water partition coefficient (Wildman–Crippen LogP) is 2.59. The second kappa shape index (κ2) is 5.84. The van der Waals surface area contributed by atoms with Gasteiger partial charge in [0.05, 0.1) is 0 Å². The van der Waals surface area contributed by atoms with Gasteiger partial charge in [-0.15, -0.1) is 11.6 Å². The van der Waals surface area contributed by atoms with Gasteiger partial charge in [0.2, 0.25) is 0 Å². The Morgan fingerprint density at radius 3 is 2.27 bits per heavy atom. The van der Waals surface area contributed by atoms with Crippen molar-refractivity contribution in [3.8, 4) is 0 Å². The molecule has 0 bridgehead atoms. The highest BCUT2D eigenvalue weighted by Crippen LogP contribution is 2.06. The van der Waals surface area contributed by atoms with E-state index in [0.717, 1.165) is 18.3 Å². The van der Waals surface area contributed by atoms with Gasteiger partial charge >= 0.3 is 0 Å². The molecular formula is C9H20ClN. The lowest BCUT2D eigenvalue weighted by atomic mass is 10.1. The third kappa shape index (κ3) is 4.65. The highest BCUT2D eigenvalue weighted by molar-refractivity contribution is 6.18. The van der Waals surface area contributed by atoms with Crippen molar-refractivity contribution in [3.63, 3.8) is 0 Å². The maximum Gasteiger partial charge on any atom is 0.0376 e. The predicted molar refractivity (Wildman–Crippen MR) is 52.3 cm³/mol. The normalized spacial score (nSPS) is 16.9. The number of nitrogens with zero attached hydrogens (tertiary/aromatic N) is 1. The molecule has 0 aliphatic rings. The molecule has 0 saturated carbocycles. The standard InChI is InChI=1S/C9H20ClN/c1-5-8(2)7-11(4)9(3)6-10/h8-9H,5-7H2,1-4H3. The van der Waals surface area contributed by atoms with Gasteiger partial charge in [0.15, 0.2) is 0 Å². The minimum absolute atomic E-state index is 0.505. The van der Waals surface area contributed by atoms with Gasteiger partial charge in [-0.3, -0.25) is 0 Å². The molecule has 0 heterocycles. The summed E-state index contributed by atoms with van der Waals surface area (Å²) in [7, 11) is 2.14. The molecule has 0 aromatic carbocycles. The molecule has 0 fully saturated rings. The van der Waals surface area contributed by atoms with E-state index in [4.69, 9.17) is 11.6 Å². The fourth-order valence-corrected chi connectivity index (χ4v) is 1.15. The molecule has 2 heteroatoms. The Morgan fingerprint density at radius 2 is 1.91 bits per heavy atom. The summed E-state index contributed by atoms with van der Waals surface area (Å²) >= 11 is 5.73. The number of hydrogen-bond acceptors (Lipinski definition) is 1. The van der Waals surface area contributed by atoms with E-state index in [-0.39, 0.29) is 0 Å². The van der Waals surface area contributed by atoms with E-state index in [1.54, 1.807) is 0 Å². The minimum atomic E-state index is 0.505. The van der Waals surface area contributed by atoms with Crippen molar-refractivity contribution < 1.29 is 0 Å². The third-order valence-electron chi connectivity index (χ3n) is 2.27. The molecule has 0 amide bonds. The van der Waals surface area contributed by atoms with Gasteiger partial charge in [0.25, 0.3) is 0 Å². The van der Waals surface area contributed by atoms with Gasteiger partial charge in [-0.1, -0.05) is 20.3 Å². The van der Waals surface area contributed by atoms with E-state index in [1.165, 1.54) is 6.42 Å². The largest absolute Gasteiger partial charge is 0.302 e. The van der Waals surface area contributed by atoms with Crippen molar-refractivity contribution in [2.45, 2.75) is 33.2 Å². The van der Waals surface area contributed by atoms with Crippen molar-refractivity contribution in [1.82, 2.24) is 4.90 Å². The summed E-state index contributed by atoms with van der Waals surface area (Å²) in [5.74, 6) is 1.51. The quantitative estimate of drug-likeness (QED) is 0.584. The first-order valence-corrected chi connectivity index (χ1v) is 4.91. The molecule has 0 aliphatic heterocycles. The van der Waals surface area contributed by atoms with Gasteiger partial charge in [0, 0.05) is 18.5 Å². The molecule has 68 valence electrons. The molecule has 0 rings (SSSR count). The van der Waals surface area contributed by atoms with Crippen LogP contribution in [0.15, 0.2) is 0 Å². The molecule has 0 saturated heterocycles. The van der Waals surface area contributed by atoms with Crippen LogP contribution in [0.1, 0.15) is 27.2 Å². The molecule has 0 aromatic rings. The van der Waals surface area contributed by atoms with Gasteiger partial charge in [-0.2, -0.15) is 0 Å². The van der Waals surface area contributed by atoms with Crippen molar-refractivity contribution in [3.05, 3.63) is 0 Å². The van der Waals surface area contributed by atoms with Crippen LogP contribution in [-0.2, 0) is 0 Å². The zero-order valence-electron chi connectivity index (χ0n) is 8.10. The van der Waals surface area contributed by atoms with Crippen LogP contribution in [0.2, 0.25) is 0 Å². The first kappa shape index (κ1) is 11.2. The van der Waals surface area contributed by atoms with Gasteiger partial charge < -0.3 is 4.90 Å². The SMILES string of the molecule is CCC(C)CN(C)C(C)CCl. The van der Waals surface area contributed by atoms with E-state index < -0.39 is 0 Å². The van der Waals surface area contributed by atoms with Crippen molar-refractivity contribution in [2.75, 3.05) is 19.5 Å². The highest BCUT2D eigenvalue weighted by Gasteiger charge is 2.09. The molecule has 0 aromatic heterocycles. The molecule has 0 radical (unpaired) electrons. The molecular weight excluding hydrogens is 158 g/mol. The number of alkyl halides is 1. The van der Waals surface area contributed by atoms with Crippen LogP contribution in [0.5, 0.6) is 0 Å². The van der Waals surface area contributed by atoms with E-state index in [2.05, 4.69) is 32.7 Å². The Bertz CT molecular complexity index is 95.6. The summed E-state index contributed by atoms with van der Waals surface area (Å²) in [4.78, 5) is 2.32. The van der Waals surface area contributed by atoms with E-state index in [0.29, 0.717) is 6.04 Å². The number of rotatable bonds is 5. The molecule has 2 unspecified atom stereocenters. The lowest BCUT2D eigenvalue weighted by Gasteiger charge is -2.25. The lowest BCUT2D eigenvalue weighted by Crippen LogP contribution is -2.33. The second-order valence-electron chi connectivity index (χ2n) is 3.46. The smallest absolute Gasteiger partial charge is 0.0376 e. The molecule has 1 nitrogen and oxygen atoms in total. The Balaban J connectivity index is 3.58. The van der Waals surface area contributed by atoms with Crippen LogP contribution >= 0.6 is 11.6 Å². The topological polar surface area (TPSA) is 3.24 Å². The third-order valence-corrected chi connectivity index (χ3v) is 2.72. The Labute approximate surface area is 75.7 Å². The summed E-state index contributed by atoms with van der Waals surface area (Å²) in [5, 5.41) is 0. The molecule has 0 N–H and O–H groups in total. The first-order chi connectivity index (χ1) is 5.11. The lowest BCUT2D eigenvalue weighted by molar-refractivity contribution is 0.237. The van der Waals surface area contributed by atoms with Crippen LogP contribution in [0.4, 0.5) is 0 Å². The number of halogens is 1. The van der Waals surface area contributed by atoms with Crippen LogP contribution in [0, 0.1) is 5.92 Å². The molecule has 2 atom stereocenters. The fourth-order valence-electron chi connectivity index (χ4n) is 0.918. The summed E-state index contributed by atoms with van der Waals surface area (Å²) in [6.45, 7) is 7.82. The zero-order valence-corrected chi connectivity index (χ0v) is 8.86. The Hall–Kier alpha value is 0.250. The zero-order chi connectivity index (χ0) is 8.85. The minimum Gasteiger partial charge on any atom is -0.302 e. The summed E-state index contributed by atoms with van der Waals surface area (Å²) < 4.78 is 0. The Morgan fingerprint density at radius 1 is 1.36 bits per heavy atom. The summed E-state index contributed by atoms with van der Waals surface area (Å²) in [5.41, 5.74) is 0. The Kier molecular flexibility index (Phi) is 5.98. The molecule has 11 heavy (non-hydrogen) atoms. The molecule has 0 aliphatic carbocycles. The monoisotopic (exact) mass is 177 g/mol. The average molecular weight is 178 g/mol. The van der Waals surface area contributed by atoms with Crippen LogP contribution in [0.3, 0.4) is 0 Å². The van der Waals surface area contributed by atoms with Crippen molar-refractivity contribution in [1.29, 1.82) is 0 Å². The van der Waals surface area contributed by atoms with E-state index in [1.807, 2.05) is 0 Å². The van der Waals surface area contributed by atoms with Gasteiger partial charge in [-0.25, -0.2) is 0 Å². The average Bonchev–Trinajstić information content (AvgIpc) is 2.02. The van der Waals surface area contributed by atoms with Gasteiger partial charge in [0.1, 0.15) is 0 Å². The summed E-state index contributed by atoms with van der Waals surface area (Å²) in [6, 6.07) is 0.505. The van der Waals surface area contributed by atoms with Crippen LogP contribution in [0.25, 0.3) is 0 Å². The first-order valence-electron chi connectivity index (χ1n) is 4.38. The van der Waals surface area contributed by atoms with Crippen molar-refractivity contribution in [2.24, 2.45) is 5.92 Å². The molecule has 0 spiro atoms. The van der Waals surface area contributed by atoms with Crippen molar-refractivity contribution >= 4 is 11.6 Å². The fraction of sp³-hybridized carbons (Fsp3) is 1.00.